The maximum Gasteiger partial charge on any atom is 0.119 e. The third-order valence-electron chi connectivity index (χ3n) is 4.63. The minimum absolute atomic E-state index is 0.103. The summed E-state index contributed by atoms with van der Waals surface area (Å²) in [5, 5.41) is 0. The normalized spacial score (nSPS) is 24.0. The molecule has 2 atom stereocenters. The lowest BCUT2D eigenvalue weighted by Crippen LogP contribution is -2.42. The van der Waals surface area contributed by atoms with Crippen molar-refractivity contribution in [3.8, 4) is 16.9 Å². The fraction of sp³-hybridized carbons (Fsp3) is 0.368. The van der Waals surface area contributed by atoms with Gasteiger partial charge >= 0.3 is 0 Å². The van der Waals surface area contributed by atoms with Crippen molar-refractivity contribution in [1.29, 1.82) is 0 Å². The fourth-order valence-corrected chi connectivity index (χ4v) is 3.03. The molecular formula is C19H23NO. The van der Waals surface area contributed by atoms with Crippen LogP contribution in [-0.2, 0) is 0 Å². The van der Waals surface area contributed by atoms with Crippen LogP contribution in [0.2, 0.25) is 0 Å². The van der Waals surface area contributed by atoms with Gasteiger partial charge in [-0.25, -0.2) is 0 Å². The highest BCUT2D eigenvalue weighted by atomic mass is 16.5. The minimum Gasteiger partial charge on any atom is -0.489 e. The maximum absolute atomic E-state index is 6.30. The molecule has 1 aliphatic carbocycles. The molecule has 2 heteroatoms. The molecule has 1 aliphatic rings. The Morgan fingerprint density at radius 1 is 0.952 bits per heavy atom. The van der Waals surface area contributed by atoms with Crippen LogP contribution >= 0.6 is 0 Å². The van der Waals surface area contributed by atoms with E-state index in [2.05, 4.69) is 50.2 Å². The topological polar surface area (TPSA) is 35.2 Å². The van der Waals surface area contributed by atoms with Crippen LogP contribution in [0, 0.1) is 5.41 Å². The molecule has 0 radical (unpaired) electrons. The molecule has 0 aliphatic heterocycles. The number of nitrogens with two attached hydrogens (primary N) is 1. The van der Waals surface area contributed by atoms with Gasteiger partial charge < -0.3 is 10.5 Å². The van der Waals surface area contributed by atoms with E-state index in [9.17, 15) is 0 Å². The lowest BCUT2D eigenvalue weighted by Gasteiger charge is -2.27. The molecule has 0 bridgehead atoms. The molecule has 21 heavy (non-hydrogen) atoms. The predicted octanol–water partition coefficient (Wildman–Crippen LogP) is 4.25. The highest BCUT2D eigenvalue weighted by Crippen LogP contribution is 2.38. The van der Waals surface area contributed by atoms with E-state index in [-0.39, 0.29) is 17.6 Å². The van der Waals surface area contributed by atoms with E-state index < -0.39 is 0 Å². The molecule has 0 aromatic heterocycles. The van der Waals surface area contributed by atoms with Crippen molar-refractivity contribution in [2.24, 2.45) is 11.1 Å². The fourth-order valence-electron chi connectivity index (χ4n) is 3.03. The number of hydrogen-bond acceptors (Lipinski definition) is 2. The number of ether oxygens (including phenoxy) is 1. The Morgan fingerprint density at radius 3 is 2.14 bits per heavy atom. The van der Waals surface area contributed by atoms with Gasteiger partial charge in [-0.3, -0.25) is 0 Å². The summed E-state index contributed by atoms with van der Waals surface area (Å²) in [7, 11) is 0. The van der Waals surface area contributed by atoms with Crippen molar-refractivity contribution >= 4 is 0 Å². The van der Waals surface area contributed by atoms with Crippen molar-refractivity contribution in [3.05, 3.63) is 54.6 Å². The monoisotopic (exact) mass is 281 g/mol. The van der Waals surface area contributed by atoms with Gasteiger partial charge in [0.15, 0.2) is 0 Å². The lowest BCUT2D eigenvalue weighted by molar-refractivity contribution is 0.165. The molecule has 2 nitrogen and oxygen atoms in total. The smallest absolute Gasteiger partial charge is 0.119 e. The summed E-state index contributed by atoms with van der Waals surface area (Å²) in [6, 6.07) is 18.8. The third kappa shape index (κ3) is 2.96. The van der Waals surface area contributed by atoms with Crippen molar-refractivity contribution in [1.82, 2.24) is 0 Å². The second-order valence-corrected chi connectivity index (χ2v) is 6.60. The van der Waals surface area contributed by atoms with Crippen molar-refractivity contribution in [2.75, 3.05) is 0 Å². The molecule has 2 N–H and O–H groups in total. The Labute approximate surface area is 126 Å². The molecule has 0 heterocycles. The first-order valence-electron chi connectivity index (χ1n) is 7.64. The molecule has 0 saturated heterocycles. The maximum atomic E-state index is 6.30. The molecule has 2 aromatic carbocycles. The standard InChI is InChI=1S/C19H23NO/c1-19(2)13-12-17(18(19)20)21-16-10-8-15(9-11-16)14-6-4-3-5-7-14/h3-11,17-18H,12-13,20H2,1-2H3. The summed E-state index contributed by atoms with van der Waals surface area (Å²) >= 11 is 0. The molecule has 0 amide bonds. The summed E-state index contributed by atoms with van der Waals surface area (Å²) in [5.41, 5.74) is 8.91. The molecule has 110 valence electrons. The SMILES string of the molecule is CC1(C)CCC(Oc2ccc(-c3ccccc3)cc2)C1N. The highest BCUT2D eigenvalue weighted by Gasteiger charge is 2.40. The van der Waals surface area contributed by atoms with Gasteiger partial charge in [-0.05, 0) is 41.5 Å². The minimum atomic E-state index is 0.103. The Hall–Kier alpha value is -1.80. The van der Waals surface area contributed by atoms with Crippen molar-refractivity contribution < 1.29 is 4.74 Å². The summed E-state index contributed by atoms with van der Waals surface area (Å²) in [6.45, 7) is 4.44. The first kappa shape index (κ1) is 14.2. The van der Waals surface area contributed by atoms with Crippen molar-refractivity contribution in [2.45, 2.75) is 38.8 Å². The Bertz CT molecular complexity index is 589. The summed E-state index contributed by atoms with van der Waals surface area (Å²) in [4.78, 5) is 0. The zero-order chi connectivity index (χ0) is 14.9. The van der Waals surface area contributed by atoms with E-state index in [1.165, 1.54) is 11.1 Å². The average molecular weight is 281 g/mol. The molecule has 2 unspecified atom stereocenters. The van der Waals surface area contributed by atoms with Gasteiger partial charge in [0.2, 0.25) is 0 Å². The highest BCUT2D eigenvalue weighted by molar-refractivity contribution is 5.63. The number of hydrogen-bond donors (Lipinski definition) is 1. The van der Waals surface area contributed by atoms with Crippen LogP contribution in [-0.4, -0.2) is 12.1 Å². The first-order valence-corrected chi connectivity index (χ1v) is 7.64. The first-order chi connectivity index (χ1) is 10.1. The van der Waals surface area contributed by atoms with E-state index in [0.29, 0.717) is 0 Å². The molecule has 2 aromatic rings. The Morgan fingerprint density at radius 2 is 1.57 bits per heavy atom. The lowest BCUT2D eigenvalue weighted by atomic mass is 9.88. The van der Waals surface area contributed by atoms with Gasteiger partial charge in [0, 0.05) is 6.04 Å². The van der Waals surface area contributed by atoms with Crippen LogP contribution < -0.4 is 10.5 Å². The van der Waals surface area contributed by atoms with Gasteiger partial charge in [0.1, 0.15) is 11.9 Å². The molecule has 0 spiro atoms. The van der Waals surface area contributed by atoms with Crippen LogP contribution in [0.4, 0.5) is 0 Å². The molecule has 1 saturated carbocycles. The van der Waals surface area contributed by atoms with E-state index >= 15 is 0 Å². The van der Waals surface area contributed by atoms with E-state index in [1.807, 2.05) is 18.2 Å². The Kier molecular flexibility index (Phi) is 3.73. The van der Waals surface area contributed by atoms with Crippen molar-refractivity contribution in [3.63, 3.8) is 0 Å². The van der Waals surface area contributed by atoms with Crippen LogP contribution in [0.25, 0.3) is 11.1 Å². The van der Waals surface area contributed by atoms with Crippen LogP contribution in [0.5, 0.6) is 5.75 Å². The number of rotatable bonds is 3. The molecule has 3 rings (SSSR count). The van der Waals surface area contributed by atoms with Gasteiger partial charge in [-0.15, -0.1) is 0 Å². The second kappa shape index (κ2) is 5.53. The van der Waals surface area contributed by atoms with Crippen LogP contribution in [0.15, 0.2) is 54.6 Å². The van der Waals surface area contributed by atoms with Crippen LogP contribution in [0.1, 0.15) is 26.7 Å². The van der Waals surface area contributed by atoms with Gasteiger partial charge in [0.05, 0.1) is 0 Å². The predicted molar refractivity (Wildman–Crippen MR) is 87.3 cm³/mol. The zero-order valence-corrected chi connectivity index (χ0v) is 12.8. The van der Waals surface area contributed by atoms with E-state index in [1.54, 1.807) is 0 Å². The van der Waals surface area contributed by atoms with Gasteiger partial charge in [-0.1, -0.05) is 56.3 Å². The average Bonchev–Trinajstić information content (AvgIpc) is 2.76. The number of benzene rings is 2. The van der Waals surface area contributed by atoms with Crippen LogP contribution in [0.3, 0.4) is 0 Å². The summed E-state index contributed by atoms with van der Waals surface area (Å²) in [6.07, 6.45) is 2.29. The largest absolute Gasteiger partial charge is 0.489 e. The van der Waals surface area contributed by atoms with E-state index in [0.717, 1.165) is 18.6 Å². The summed E-state index contributed by atoms with van der Waals surface area (Å²) < 4.78 is 6.09. The summed E-state index contributed by atoms with van der Waals surface area (Å²) in [5.74, 6) is 0.910. The molecular weight excluding hydrogens is 258 g/mol. The molecule has 1 fully saturated rings. The van der Waals surface area contributed by atoms with Gasteiger partial charge in [0.25, 0.3) is 0 Å². The van der Waals surface area contributed by atoms with Gasteiger partial charge in [-0.2, -0.15) is 0 Å². The Balaban J connectivity index is 1.71. The third-order valence-corrected chi connectivity index (χ3v) is 4.63. The van der Waals surface area contributed by atoms with E-state index in [4.69, 9.17) is 10.5 Å². The second-order valence-electron chi connectivity index (χ2n) is 6.60. The zero-order valence-electron chi connectivity index (χ0n) is 12.8. The quantitative estimate of drug-likeness (QED) is 0.913.